The maximum atomic E-state index is 11.6. The van der Waals surface area contributed by atoms with Crippen LogP contribution in [0.4, 0.5) is 0 Å². The normalized spacial score (nSPS) is 17.3. The molecule has 124 valence electrons. The SMILES string of the molecule is COC(=O)/C=C1/S/C(=N\N=Cc2cccc(OC(C)=O)c2)NC1=O. The fraction of sp³-hybridized carbons (Fsp3) is 0.133. The molecule has 1 aliphatic rings. The van der Waals surface area contributed by atoms with Crippen LogP contribution in [0.3, 0.4) is 0 Å². The van der Waals surface area contributed by atoms with Crippen LogP contribution in [-0.2, 0) is 19.1 Å². The molecule has 24 heavy (non-hydrogen) atoms. The molecule has 0 atom stereocenters. The van der Waals surface area contributed by atoms with E-state index in [0.29, 0.717) is 11.3 Å². The van der Waals surface area contributed by atoms with Gasteiger partial charge >= 0.3 is 11.9 Å². The first-order valence-corrected chi connectivity index (χ1v) is 7.48. The lowest BCUT2D eigenvalue weighted by atomic mass is 10.2. The van der Waals surface area contributed by atoms with Crippen LogP contribution >= 0.6 is 11.8 Å². The van der Waals surface area contributed by atoms with E-state index in [2.05, 4.69) is 20.3 Å². The smallest absolute Gasteiger partial charge is 0.331 e. The first kappa shape index (κ1) is 17.4. The number of methoxy groups -OCH3 is 1. The molecule has 1 saturated heterocycles. The maximum Gasteiger partial charge on any atom is 0.331 e. The first-order chi connectivity index (χ1) is 11.5. The van der Waals surface area contributed by atoms with Gasteiger partial charge in [-0.25, -0.2) is 4.79 Å². The van der Waals surface area contributed by atoms with Crippen molar-refractivity contribution < 1.29 is 23.9 Å². The Morgan fingerprint density at radius 1 is 1.33 bits per heavy atom. The average molecular weight is 347 g/mol. The van der Waals surface area contributed by atoms with Crippen molar-refractivity contribution in [2.24, 2.45) is 10.2 Å². The van der Waals surface area contributed by atoms with Gasteiger partial charge in [0.1, 0.15) is 5.75 Å². The Morgan fingerprint density at radius 2 is 2.12 bits per heavy atom. The standard InChI is InChI=1S/C15H13N3O5S/c1-9(19)23-11-5-3-4-10(6-11)8-16-18-15-17-14(21)12(24-15)7-13(20)22-2/h3-8H,1-2H3,(H,17,18,21)/b12-7+,16-8?. The molecule has 0 radical (unpaired) electrons. The van der Waals surface area contributed by atoms with E-state index in [9.17, 15) is 14.4 Å². The predicted octanol–water partition coefficient (Wildman–Crippen LogP) is 1.22. The molecule has 0 aliphatic carbocycles. The number of nitrogens with zero attached hydrogens (tertiary/aromatic N) is 2. The minimum atomic E-state index is -0.625. The van der Waals surface area contributed by atoms with Gasteiger partial charge in [0.25, 0.3) is 5.91 Å². The second-order valence-electron chi connectivity index (χ2n) is 4.40. The molecule has 1 aromatic rings. The largest absolute Gasteiger partial charge is 0.466 e. The quantitative estimate of drug-likeness (QED) is 0.289. The van der Waals surface area contributed by atoms with Crippen LogP contribution in [0.2, 0.25) is 0 Å². The Bertz CT molecular complexity index is 770. The van der Waals surface area contributed by atoms with Gasteiger partial charge in [0.2, 0.25) is 0 Å². The van der Waals surface area contributed by atoms with Crippen molar-refractivity contribution in [3.05, 3.63) is 40.8 Å². The molecule has 0 aromatic heterocycles. The van der Waals surface area contributed by atoms with E-state index in [4.69, 9.17) is 4.74 Å². The number of benzene rings is 1. The Morgan fingerprint density at radius 3 is 2.83 bits per heavy atom. The van der Waals surface area contributed by atoms with Crippen molar-refractivity contribution in [2.45, 2.75) is 6.92 Å². The summed E-state index contributed by atoms with van der Waals surface area (Å²) in [7, 11) is 1.22. The number of carbonyl (C=O) groups is 3. The van der Waals surface area contributed by atoms with Crippen molar-refractivity contribution in [1.82, 2.24) is 5.32 Å². The van der Waals surface area contributed by atoms with Gasteiger partial charge in [-0.15, -0.1) is 5.10 Å². The van der Waals surface area contributed by atoms with Gasteiger partial charge in [0, 0.05) is 13.0 Å². The summed E-state index contributed by atoms with van der Waals surface area (Å²) >= 11 is 0.976. The molecular formula is C15H13N3O5S. The third kappa shape index (κ3) is 5.06. The van der Waals surface area contributed by atoms with Gasteiger partial charge in [-0.05, 0) is 29.5 Å². The minimum absolute atomic E-state index is 0.174. The molecule has 1 aromatic carbocycles. The number of esters is 2. The van der Waals surface area contributed by atoms with Crippen LogP contribution in [0.5, 0.6) is 5.75 Å². The lowest BCUT2D eigenvalue weighted by Gasteiger charge is -2.00. The van der Waals surface area contributed by atoms with Crippen LogP contribution in [-0.4, -0.2) is 36.3 Å². The van der Waals surface area contributed by atoms with Crippen LogP contribution in [0.1, 0.15) is 12.5 Å². The molecule has 8 nitrogen and oxygen atoms in total. The van der Waals surface area contributed by atoms with Gasteiger partial charge in [-0.1, -0.05) is 12.1 Å². The number of amides is 1. The van der Waals surface area contributed by atoms with Crippen LogP contribution in [0.25, 0.3) is 0 Å². The number of hydrogen-bond acceptors (Lipinski definition) is 8. The number of hydrogen-bond donors (Lipinski definition) is 1. The summed E-state index contributed by atoms with van der Waals surface area (Å²) in [6.07, 6.45) is 2.52. The Hall–Kier alpha value is -2.94. The van der Waals surface area contributed by atoms with E-state index in [-0.39, 0.29) is 10.1 Å². The summed E-state index contributed by atoms with van der Waals surface area (Å²) in [6, 6.07) is 6.71. The highest BCUT2D eigenvalue weighted by Crippen LogP contribution is 2.23. The summed E-state index contributed by atoms with van der Waals surface area (Å²) in [5.41, 5.74) is 0.665. The highest BCUT2D eigenvalue weighted by atomic mass is 32.2. The fourth-order valence-corrected chi connectivity index (χ4v) is 2.35. The topological polar surface area (TPSA) is 106 Å². The molecule has 1 fully saturated rings. The highest BCUT2D eigenvalue weighted by Gasteiger charge is 2.24. The lowest BCUT2D eigenvalue weighted by molar-refractivity contribution is -0.135. The molecule has 0 saturated carbocycles. The van der Waals surface area contributed by atoms with E-state index in [0.717, 1.165) is 17.8 Å². The monoisotopic (exact) mass is 347 g/mol. The van der Waals surface area contributed by atoms with Crippen molar-refractivity contribution in [2.75, 3.05) is 7.11 Å². The van der Waals surface area contributed by atoms with E-state index in [1.807, 2.05) is 0 Å². The van der Waals surface area contributed by atoms with Crippen LogP contribution in [0, 0.1) is 0 Å². The summed E-state index contributed by atoms with van der Waals surface area (Å²) in [5, 5.41) is 10.4. The van der Waals surface area contributed by atoms with Gasteiger partial charge in [0.15, 0.2) is 5.17 Å². The van der Waals surface area contributed by atoms with E-state index in [1.54, 1.807) is 24.3 Å². The van der Waals surface area contributed by atoms with E-state index >= 15 is 0 Å². The van der Waals surface area contributed by atoms with Gasteiger partial charge in [-0.3, -0.25) is 14.9 Å². The number of ether oxygens (including phenoxy) is 2. The minimum Gasteiger partial charge on any atom is -0.466 e. The molecule has 1 aliphatic heterocycles. The van der Waals surface area contributed by atoms with Crippen molar-refractivity contribution in [1.29, 1.82) is 0 Å². The van der Waals surface area contributed by atoms with Crippen LogP contribution in [0.15, 0.2) is 45.4 Å². The molecule has 1 N–H and O–H groups in total. The molecule has 1 amide bonds. The Kier molecular flexibility index (Phi) is 5.85. The second kappa shape index (κ2) is 8.06. The zero-order valence-electron chi connectivity index (χ0n) is 12.8. The summed E-state index contributed by atoms with van der Waals surface area (Å²) in [5.74, 6) is -1.10. The summed E-state index contributed by atoms with van der Waals surface area (Å²) in [6.45, 7) is 1.31. The van der Waals surface area contributed by atoms with E-state index < -0.39 is 17.8 Å². The maximum absolute atomic E-state index is 11.6. The van der Waals surface area contributed by atoms with E-state index in [1.165, 1.54) is 20.2 Å². The van der Waals surface area contributed by atoms with Crippen molar-refractivity contribution >= 4 is 41.0 Å². The van der Waals surface area contributed by atoms with Crippen molar-refractivity contribution in [3.8, 4) is 5.75 Å². The third-order valence-corrected chi connectivity index (χ3v) is 3.48. The fourth-order valence-electron chi connectivity index (χ4n) is 1.61. The molecule has 2 rings (SSSR count). The zero-order valence-corrected chi connectivity index (χ0v) is 13.6. The second-order valence-corrected chi connectivity index (χ2v) is 5.43. The molecule has 0 bridgehead atoms. The third-order valence-electron chi connectivity index (χ3n) is 2.58. The number of carbonyl (C=O) groups excluding carboxylic acids is 3. The highest BCUT2D eigenvalue weighted by molar-refractivity contribution is 8.18. The van der Waals surface area contributed by atoms with Gasteiger partial charge in [-0.2, -0.15) is 5.10 Å². The average Bonchev–Trinajstić information content (AvgIpc) is 2.87. The molecule has 0 spiro atoms. The summed E-state index contributed by atoms with van der Waals surface area (Å²) < 4.78 is 9.42. The number of nitrogens with one attached hydrogen (secondary N) is 1. The Balaban J connectivity index is 2.05. The molecule has 1 heterocycles. The predicted molar refractivity (Wildman–Crippen MR) is 88.6 cm³/mol. The molecular weight excluding hydrogens is 334 g/mol. The molecule has 0 unspecified atom stereocenters. The number of thioether (sulfide) groups is 1. The lowest BCUT2D eigenvalue weighted by Crippen LogP contribution is -2.19. The van der Waals surface area contributed by atoms with Crippen LogP contribution < -0.4 is 10.1 Å². The first-order valence-electron chi connectivity index (χ1n) is 6.66. The molecule has 9 heteroatoms. The Labute approximate surface area is 141 Å². The zero-order chi connectivity index (χ0) is 17.5. The number of rotatable bonds is 4. The summed E-state index contributed by atoms with van der Waals surface area (Å²) in [4.78, 5) is 33.8. The van der Waals surface area contributed by atoms with Gasteiger partial charge < -0.3 is 9.47 Å². The number of amidine groups is 1. The van der Waals surface area contributed by atoms with Gasteiger partial charge in [0.05, 0.1) is 18.2 Å². The van der Waals surface area contributed by atoms with Crippen molar-refractivity contribution in [3.63, 3.8) is 0 Å².